The molecule has 0 saturated carbocycles. The molecule has 2 aromatic rings. The Labute approximate surface area is 126 Å². The molecule has 22 heavy (non-hydrogen) atoms. The number of imide groups is 1. The van der Waals surface area contributed by atoms with Gasteiger partial charge in [0.05, 0.1) is 22.6 Å². The van der Waals surface area contributed by atoms with Crippen molar-refractivity contribution < 1.29 is 14.5 Å². The topological polar surface area (TPSA) is 80.5 Å². The molecule has 6 heteroatoms. The van der Waals surface area contributed by atoms with E-state index in [9.17, 15) is 19.7 Å². The predicted molar refractivity (Wildman–Crippen MR) is 78.5 cm³/mol. The number of nitro groups is 1. The maximum Gasteiger partial charge on any atom is 0.277 e. The van der Waals surface area contributed by atoms with Gasteiger partial charge in [-0.1, -0.05) is 30.3 Å². The van der Waals surface area contributed by atoms with Gasteiger partial charge in [0.15, 0.2) is 0 Å². The summed E-state index contributed by atoms with van der Waals surface area (Å²) in [5.74, 6) is -0.840. The van der Waals surface area contributed by atoms with E-state index in [0.29, 0.717) is 22.3 Å². The van der Waals surface area contributed by atoms with Crippen LogP contribution in [-0.2, 0) is 6.54 Å². The third kappa shape index (κ3) is 2.05. The quantitative estimate of drug-likeness (QED) is 0.495. The molecule has 0 saturated heterocycles. The van der Waals surface area contributed by atoms with E-state index in [1.165, 1.54) is 0 Å². The summed E-state index contributed by atoms with van der Waals surface area (Å²) in [5, 5.41) is 11.2. The molecule has 1 heterocycles. The van der Waals surface area contributed by atoms with E-state index < -0.39 is 16.7 Å². The van der Waals surface area contributed by atoms with Gasteiger partial charge < -0.3 is 0 Å². The highest BCUT2D eigenvalue weighted by molar-refractivity contribution is 6.21. The van der Waals surface area contributed by atoms with Crippen LogP contribution in [0.5, 0.6) is 0 Å². The molecule has 2 aromatic carbocycles. The molecule has 0 fully saturated rings. The zero-order valence-electron chi connectivity index (χ0n) is 11.8. The van der Waals surface area contributed by atoms with E-state index in [0.717, 1.165) is 4.90 Å². The minimum Gasteiger partial charge on any atom is -0.270 e. The largest absolute Gasteiger partial charge is 0.277 e. The van der Waals surface area contributed by atoms with Crippen molar-refractivity contribution in [3.05, 3.63) is 74.8 Å². The molecule has 1 aliphatic rings. The highest BCUT2D eigenvalue weighted by Gasteiger charge is 2.36. The van der Waals surface area contributed by atoms with Crippen molar-refractivity contribution in [2.45, 2.75) is 13.5 Å². The number of amides is 2. The Hall–Kier alpha value is -3.02. The fourth-order valence-corrected chi connectivity index (χ4v) is 2.66. The summed E-state index contributed by atoms with van der Waals surface area (Å²) < 4.78 is 0. The van der Waals surface area contributed by atoms with Gasteiger partial charge in [-0.3, -0.25) is 24.6 Å². The number of nitro benzene ring substituents is 1. The number of fused-ring (bicyclic) bond motifs is 1. The van der Waals surface area contributed by atoms with Crippen LogP contribution in [-0.4, -0.2) is 21.6 Å². The summed E-state index contributed by atoms with van der Waals surface area (Å²) >= 11 is 0. The number of benzene rings is 2. The molecule has 0 atom stereocenters. The van der Waals surface area contributed by atoms with Crippen LogP contribution >= 0.6 is 0 Å². The Bertz CT molecular complexity index is 779. The van der Waals surface area contributed by atoms with E-state index >= 15 is 0 Å². The molecule has 0 aliphatic carbocycles. The lowest BCUT2D eigenvalue weighted by molar-refractivity contribution is -0.386. The molecular weight excluding hydrogens is 284 g/mol. The minimum absolute atomic E-state index is 0.0564. The zero-order chi connectivity index (χ0) is 15.9. The van der Waals surface area contributed by atoms with Crippen LogP contribution in [0.25, 0.3) is 0 Å². The van der Waals surface area contributed by atoms with Crippen LogP contribution in [0.4, 0.5) is 5.69 Å². The summed E-state index contributed by atoms with van der Waals surface area (Å²) in [6.45, 7) is 1.52. The standard InChI is InChI=1S/C16H12N2O4/c1-10-5-4-6-11(14(10)18(21)22)9-17-15(19)12-7-2-3-8-13(12)16(17)20/h2-8H,9H2,1H3. The third-order valence-corrected chi connectivity index (χ3v) is 3.71. The third-order valence-electron chi connectivity index (χ3n) is 3.71. The molecular formula is C16H12N2O4. The van der Waals surface area contributed by atoms with Gasteiger partial charge in [-0.05, 0) is 19.1 Å². The fraction of sp³-hybridized carbons (Fsp3) is 0.125. The SMILES string of the molecule is Cc1cccc(CN2C(=O)c3ccccc3C2=O)c1[N+](=O)[O-]. The Balaban J connectivity index is 2.00. The second-order valence-electron chi connectivity index (χ2n) is 5.08. The first-order chi connectivity index (χ1) is 10.5. The molecule has 6 nitrogen and oxygen atoms in total. The van der Waals surface area contributed by atoms with Crippen LogP contribution in [0.2, 0.25) is 0 Å². The molecule has 0 radical (unpaired) electrons. The Morgan fingerprint density at radius 2 is 1.59 bits per heavy atom. The van der Waals surface area contributed by atoms with Gasteiger partial charge in [0.2, 0.25) is 0 Å². The normalized spacial score (nSPS) is 13.4. The molecule has 0 aromatic heterocycles. The Morgan fingerprint density at radius 1 is 1.00 bits per heavy atom. The molecule has 3 rings (SSSR count). The van der Waals surface area contributed by atoms with Crippen molar-refractivity contribution in [2.24, 2.45) is 0 Å². The monoisotopic (exact) mass is 296 g/mol. The number of hydrogen-bond donors (Lipinski definition) is 0. The minimum atomic E-state index is -0.483. The number of carbonyl (C=O) groups excluding carboxylic acids is 2. The zero-order valence-corrected chi connectivity index (χ0v) is 11.8. The lowest BCUT2D eigenvalue weighted by Crippen LogP contribution is -2.29. The van der Waals surface area contributed by atoms with Gasteiger partial charge in [0.1, 0.15) is 0 Å². The Kier molecular flexibility index (Phi) is 3.21. The van der Waals surface area contributed by atoms with Gasteiger partial charge in [-0.2, -0.15) is 0 Å². The smallest absolute Gasteiger partial charge is 0.270 e. The number of hydrogen-bond acceptors (Lipinski definition) is 4. The summed E-state index contributed by atoms with van der Waals surface area (Å²) in [6.07, 6.45) is 0. The lowest BCUT2D eigenvalue weighted by Gasteiger charge is -2.14. The van der Waals surface area contributed by atoms with Crippen LogP contribution in [0.15, 0.2) is 42.5 Å². The van der Waals surface area contributed by atoms with E-state index in [4.69, 9.17) is 0 Å². The Morgan fingerprint density at radius 3 is 2.14 bits per heavy atom. The molecule has 2 amide bonds. The van der Waals surface area contributed by atoms with E-state index in [-0.39, 0.29) is 12.2 Å². The highest BCUT2D eigenvalue weighted by atomic mass is 16.6. The molecule has 0 spiro atoms. The number of para-hydroxylation sites is 1. The number of aryl methyl sites for hydroxylation is 1. The van der Waals surface area contributed by atoms with Crippen LogP contribution in [0.3, 0.4) is 0 Å². The maximum atomic E-state index is 12.3. The van der Waals surface area contributed by atoms with Gasteiger partial charge in [0, 0.05) is 11.1 Å². The first kappa shape index (κ1) is 13.9. The summed E-state index contributed by atoms with van der Waals surface area (Å²) in [4.78, 5) is 36.4. The predicted octanol–water partition coefficient (Wildman–Crippen LogP) is 2.70. The van der Waals surface area contributed by atoms with Crippen molar-refractivity contribution in [1.29, 1.82) is 0 Å². The average Bonchev–Trinajstić information content (AvgIpc) is 2.73. The first-order valence-corrected chi connectivity index (χ1v) is 6.69. The second-order valence-corrected chi connectivity index (χ2v) is 5.08. The molecule has 110 valence electrons. The van der Waals surface area contributed by atoms with Crippen molar-refractivity contribution >= 4 is 17.5 Å². The van der Waals surface area contributed by atoms with Crippen molar-refractivity contribution in [2.75, 3.05) is 0 Å². The van der Waals surface area contributed by atoms with Crippen molar-refractivity contribution in [3.8, 4) is 0 Å². The van der Waals surface area contributed by atoms with Gasteiger partial charge in [-0.25, -0.2) is 0 Å². The molecule has 1 aliphatic heterocycles. The highest BCUT2D eigenvalue weighted by Crippen LogP contribution is 2.28. The lowest BCUT2D eigenvalue weighted by atomic mass is 10.1. The maximum absolute atomic E-state index is 12.3. The summed E-state index contributed by atoms with van der Waals surface area (Å²) in [7, 11) is 0. The summed E-state index contributed by atoms with van der Waals surface area (Å²) in [6, 6.07) is 11.4. The van der Waals surface area contributed by atoms with Crippen LogP contribution in [0.1, 0.15) is 31.8 Å². The number of rotatable bonds is 3. The summed E-state index contributed by atoms with van der Waals surface area (Å²) in [5.41, 5.74) is 1.46. The number of nitrogens with zero attached hydrogens (tertiary/aromatic N) is 2. The molecule has 0 bridgehead atoms. The van der Waals surface area contributed by atoms with E-state index in [1.807, 2.05) is 0 Å². The fourth-order valence-electron chi connectivity index (χ4n) is 2.66. The van der Waals surface area contributed by atoms with Gasteiger partial charge in [-0.15, -0.1) is 0 Å². The second kappa shape index (κ2) is 5.07. The van der Waals surface area contributed by atoms with Crippen molar-refractivity contribution in [3.63, 3.8) is 0 Å². The first-order valence-electron chi connectivity index (χ1n) is 6.69. The van der Waals surface area contributed by atoms with Gasteiger partial charge in [0.25, 0.3) is 17.5 Å². The van der Waals surface area contributed by atoms with Gasteiger partial charge >= 0.3 is 0 Å². The van der Waals surface area contributed by atoms with Crippen LogP contribution < -0.4 is 0 Å². The van der Waals surface area contributed by atoms with E-state index in [1.54, 1.807) is 49.4 Å². The molecule has 0 N–H and O–H groups in total. The number of carbonyl (C=O) groups is 2. The van der Waals surface area contributed by atoms with Crippen LogP contribution in [0, 0.1) is 17.0 Å². The molecule has 0 unspecified atom stereocenters. The average molecular weight is 296 g/mol. The van der Waals surface area contributed by atoms with E-state index in [2.05, 4.69) is 0 Å². The van der Waals surface area contributed by atoms with Crippen molar-refractivity contribution in [1.82, 2.24) is 4.90 Å².